The number of hydrogen-bond acceptors (Lipinski definition) is 3. The molecule has 0 aliphatic heterocycles. The molecule has 0 saturated carbocycles. The molecule has 5 heteroatoms. The maximum absolute atomic E-state index is 10.8. The molecule has 0 saturated heterocycles. The Morgan fingerprint density at radius 1 is 1.36 bits per heavy atom. The second kappa shape index (κ2) is 4.91. The summed E-state index contributed by atoms with van der Waals surface area (Å²) in [7, 11) is -3.39. The van der Waals surface area contributed by atoms with E-state index in [0.717, 1.165) is 11.8 Å². The Morgan fingerprint density at radius 2 is 1.93 bits per heavy atom. The molecule has 0 fully saturated rings. The van der Waals surface area contributed by atoms with E-state index < -0.39 is 15.1 Å². The summed E-state index contributed by atoms with van der Waals surface area (Å²) in [6.45, 7) is 0. The first-order valence-corrected chi connectivity index (χ1v) is 6.77. The molecule has 0 spiro atoms. The summed E-state index contributed by atoms with van der Waals surface area (Å²) in [5.74, 6) is 0. The molecular weight excluding hydrogens is 268 g/mol. The zero-order valence-corrected chi connectivity index (χ0v) is 10.1. The first kappa shape index (κ1) is 11.7. The molecule has 0 radical (unpaired) electrons. The summed E-state index contributed by atoms with van der Waals surface area (Å²) in [6, 6.07) is 9.54. The van der Waals surface area contributed by atoms with Gasteiger partial charge in [-0.1, -0.05) is 46.3 Å². The van der Waals surface area contributed by atoms with Gasteiger partial charge in [-0.15, -0.1) is 0 Å². The van der Waals surface area contributed by atoms with Crippen molar-refractivity contribution in [2.75, 3.05) is 6.26 Å². The van der Waals surface area contributed by atoms with Crippen LogP contribution in [-0.4, -0.2) is 19.7 Å². The number of alkyl halides is 1. The van der Waals surface area contributed by atoms with Gasteiger partial charge in [0, 0.05) is 6.42 Å². The van der Waals surface area contributed by atoms with Gasteiger partial charge in [-0.05, 0) is 5.56 Å². The lowest BCUT2D eigenvalue weighted by atomic mass is 10.2. The fourth-order valence-electron chi connectivity index (χ4n) is 1.02. The van der Waals surface area contributed by atoms with E-state index in [-0.39, 0.29) is 0 Å². The van der Waals surface area contributed by atoms with Crippen molar-refractivity contribution in [3.05, 3.63) is 35.9 Å². The highest BCUT2D eigenvalue weighted by Crippen LogP contribution is 2.12. The van der Waals surface area contributed by atoms with Crippen LogP contribution in [0, 0.1) is 0 Å². The van der Waals surface area contributed by atoms with Crippen LogP contribution >= 0.6 is 15.9 Å². The van der Waals surface area contributed by atoms with Gasteiger partial charge in [0.05, 0.1) is 6.26 Å². The van der Waals surface area contributed by atoms with Crippen molar-refractivity contribution in [2.24, 2.45) is 0 Å². The molecule has 0 aliphatic rings. The molecule has 0 amide bonds. The molecule has 0 bridgehead atoms. The quantitative estimate of drug-likeness (QED) is 0.624. The predicted molar refractivity (Wildman–Crippen MR) is 58.8 cm³/mol. The van der Waals surface area contributed by atoms with Gasteiger partial charge in [-0.25, -0.2) is 0 Å². The van der Waals surface area contributed by atoms with E-state index in [1.165, 1.54) is 0 Å². The number of hydrogen-bond donors (Lipinski definition) is 0. The van der Waals surface area contributed by atoms with Gasteiger partial charge in [-0.2, -0.15) is 8.42 Å². The number of rotatable bonds is 4. The highest BCUT2D eigenvalue weighted by atomic mass is 79.9. The van der Waals surface area contributed by atoms with Crippen molar-refractivity contribution in [3.8, 4) is 0 Å². The molecule has 0 N–H and O–H groups in total. The Balaban J connectivity index is 2.54. The van der Waals surface area contributed by atoms with Gasteiger partial charge < -0.3 is 0 Å². The minimum absolute atomic E-state index is 0.500. The lowest BCUT2D eigenvalue weighted by Gasteiger charge is -2.08. The molecule has 78 valence electrons. The molecule has 1 aromatic carbocycles. The molecule has 0 heterocycles. The van der Waals surface area contributed by atoms with E-state index >= 15 is 0 Å². The standard InChI is InChI=1S/C9H11BrO3S/c1-14(11,12)13-9(10)7-8-5-3-2-4-6-8/h2-6,9H,7H2,1H3. The topological polar surface area (TPSA) is 43.4 Å². The largest absolute Gasteiger partial charge is 0.265 e. The third-order valence-corrected chi connectivity index (χ3v) is 2.86. The predicted octanol–water partition coefficient (Wildman–Crippen LogP) is 1.93. The third kappa shape index (κ3) is 4.74. The monoisotopic (exact) mass is 278 g/mol. The summed E-state index contributed by atoms with van der Waals surface area (Å²) in [4.78, 5) is 0. The molecular formula is C9H11BrO3S. The van der Waals surface area contributed by atoms with Crippen molar-refractivity contribution >= 4 is 26.0 Å². The van der Waals surface area contributed by atoms with Crippen LogP contribution in [-0.2, 0) is 20.7 Å². The van der Waals surface area contributed by atoms with Crippen molar-refractivity contribution in [1.29, 1.82) is 0 Å². The van der Waals surface area contributed by atoms with Crippen LogP contribution < -0.4 is 0 Å². The lowest BCUT2D eigenvalue weighted by Crippen LogP contribution is -2.13. The van der Waals surface area contributed by atoms with Gasteiger partial charge in [-0.3, -0.25) is 4.18 Å². The van der Waals surface area contributed by atoms with E-state index in [1.807, 2.05) is 30.3 Å². The highest BCUT2D eigenvalue weighted by molar-refractivity contribution is 9.09. The van der Waals surface area contributed by atoms with Crippen LogP contribution in [0.15, 0.2) is 30.3 Å². The second-order valence-electron chi connectivity index (χ2n) is 2.90. The zero-order chi connectivity index (χ0) is 10.6. The van der Waals surface area contributed by atoms with Crippen molar-refractivity contribution in [2.45, 2.75) is 11.4 Å². The Labute approximate surface area is 92.3 Å². The van der Waals surface area contributed by atoms with Gasteiger partial charge in [0.25, 0.3) is 10.1 Å². The molecule has 1 atom stereocenters. The van der Waals surface area contributed by atoms with E-state index in [9.17, 15) is 8.42 Å². The number of halogens is 1. The smallest absolute Gasteiger partial charge is 0.255 e. The van der Waals surface area contributed by atoms with Crippen LogP contribution in [0.2, 0.25) is 0 Å². The SMILES string of the molecule is CS(=O)(=O)OC(Br)Cc1ccccc1. The van der Waals surface area contributed by atoms with Crippen LogP contribution in [0.5, 0.6) is 0 Å². The van der Waals surface area contributed by atoms with E-state index in [2.05, 4.69) is 15.9 Å². The molecule has 1 aromatic rings. The summed E-state index contributed by atoms with van der Waals surface area (Å²) in [6.07, 6.45) is 1.56. The normalized spacial score (nSPS) is 13.9. The average molecular weight is 279 g/mol. The van der Waals surface area contributed by atoms with Gasteiger partial charge >= 0.3 is 0 Å². The summed E-state index contributed by atoms with van der Waals surface area (Å²) < 4.78 is 26.3. The van der Waals surface area contributed by atoms with Crippen molar-refractivity contribution in [3.63, 3.8) is 0 Å². The van der Waals surface area contributed by atoms with Gasteiger partial charge in [0.1, 0.15) is 5.01 Å². The molecule has 1 unspecified atom stereocenters. The van der Waals surface area contributed by atoms with E-state index in [4.69, 9.17) is 4.18 Å². The Morgan fingerprint density at radius 3 is 2.43 bits per heavy atom. The van der Waals surface area contributed by atoms with Crippen LogP contribution in [0.3, 0.4) is 0 Å². The van der Waals surface area contributed by atoms with Crippen LogP contribution in [0.4, 0.5) is 0 Å². The van der Waals surface area contributed by atoms with Gasteiger partial charge in [0.15, 0.2) is 0 Å². The summed E-state index contributed by atoms with van der Waals surface area (Å²) >= 11 is 3.15. The molecule has 14 heavy (non-hydrogen) atoms. The highest BCUT2D eigenvalue weighted by Gasteiger charge is 2.11. The maximum atomic E-state index is 10.8. The second-order valence-corrected chi connectivity index (χ2v) is 5.52. The van der Waals surface area contributed by atoms with Crippen LogP contribution in [0.25, 0.3) is 0 Å². The first-order valence-electron chi connectivity index (χ1n) is 4.03. The minimum Gasteiger partial charge on any atom is -0.255 e. The fourth-order valence-corrected chi connectivity index (χ4v) is 2.68. The minimum atomic E-state index is -3.39. The fraction of sp³-hybridized carbons (Fsp3) is 0.333. The van der Waals surface area contributed by atoms with E-state index in [0.29, 0.717) is 6.42 Å². The van der Waals surface area contributed by atoms with Gasteiger partial charge in [0.2, 0.25) is 0 Å². The Bertz CT molecular complexity index is 374. The molecule has 1 rings (SSSR count). The Hall–Kier alpha value is -0.390. The van der Waals surface area contributed by atoms with Crippen LogP contribution in [0.1, 0.15) is 5.56 Å². The zero-order valence-electron chi connectivity index (χ0n) is 7.68. The molecule has 0 aromatic heterocycles. The lowest BCUT2D eigenvalue weighted by molar-refractivity contribution is 0.301. The Kier molecular flexibility index (Phi) is 4.10. The summed E-state index contributed by atoms with van der Waals surface area (Å²) in [5.41, 5.74) is 1.03. The average Bonchev–Trinajstić information content (AvgIpc) is 2.02. The first-order chi connectivity index (χ1) is 6.47. The maximum Gasteiger partial charge on any atom is 0.265 e. The van der Waals surface area contributed by atoms with Crippen molar-refractivity contribution in [1.82, 2.24) is 0 Å². The summed E-state index contributed by atoms with van der Waals surface area (Å²) in [5, 5.41) is -0.500. The molecule has 3 nitrogen and oxygen atoms in total. The molecule has 0 aliphatic carbocycles. The third-order valence-electron chi connectivity index (χ3n) is 1.52. The van der Waals surface area contributed by atoms with Crippen molar-refractivity contribution < 1.29 is 12.6 Å². The number of benzene rings is 1. The van der Waals surface area contributed by atoms with E-state index in [1.54, 1.807) is 0 Å².